The summed E-state index contributed by atoms with van der Waals surface area (Å²) in [6.07, 6.45) is 15.5. The molecular formula is C15H29N. The Kier molecular flexibility index (Phi) is 12.1. The summed E-state index contributed by atoms with van der Waals surface area (Å²) >= 11 is 0. The molecule has 1 heteroatoms. The maximum absolute atomic E-state index is 2.42. The lowest BCUT2D eigenvalue weighted by molar-refractivity contribution is 0.337. The standard InChI is InChI=1S/C15H29N/c1-4-7-8-9-10-11-12-13-14-15-16(5-2)6-3/h10-11,13-14H,4-9,12,15H2,1-3H3. The van der Waals surface area contributed by atoms with Crippen molar-refractivity contribution >= 4 is 0 Å². The van der Waals surface area contributed by atoms with Crippen molar-refractivity contribution in [3.63, 3.8) is 0 Å². The highest BCUT2D eigenvalue weighted by Crippen LogP contribution is 2.00. The molecule has 16 heavy (non-hydrogen) atoms. The molecule has 94 valence electrons. The van der Waals surface area contributed by atoms with E-state index < -0.39 is 0 Å². The van der Waals surface area contributed by atoms with E-state index in [0.29, 0.717) is 0 Å². The summed E-state index contributed by atoms with van der Waals surface area (Å²) in [7, 11) is 0. The molecule has 0 bridgehead atoms. The van der Waals surface area contributed by atoms with Crippen molar-refractivity contribution in [1.82, 2.24) is 4.90 Å². The van der Waals surface area contributed by atoms with E-state index >= 15 is 0 Å². The van der Waals surface area contributed by atoms with Gasteiger partial charge in [0.15, 0.2) is 0 Å². The van der Waals surface area contributed by atoms with Crippen LogP contribution in [0.15, 0.2) is 24.3 Å². The Balaban J connectivity index is 3.39. The zero-order valence-electron chi connectivity index (χ0n) is 11.4. The Hall–Kier alpha value is -0.560. The highest BCUT2D eigenvalue weighted by molar-refractivity contribution is 4.93. The average molecular weight is 223 g/mol. The maximum atomic E-state index is 2.42. The van der Waals surface area contributed by atoms with Gasteiger partial charge < -0.3 is 4.90 Å². The Bertz CT molecular complexity index is 178. The smallest absolute Gasteiger partial charge is 0.0163 e. The summed E-state index contributed by atoms with van der Waals surface area (Å²) in [5.74, 6) is 0. The minimum atomic E-state index is 1.09. The summed E-state index contributed by atoms with van der Waals surface area (Å²) in [6.45, 7) is 10.1. The first-order valence-corrected chi connectivity index (χ1v) is 6.87. The van der Waals surface area contributed by atoms with Crippen LogP contribution in [-0.2, 0) is 0 Å². The van der Waals surface area contributed by atoms with Crippen molar-refractivity contribution in [1.29, 1.82) is 0 Å². The van der Waals surface area contributed by atoms with Crippen LogP contribution in [0.2, 0.25) is 0 Å². The van der Waals surface area contributed by atoms with Crippen molar-refractivity contribution in [3.05, 3.63) is 24.3 Å². The zero-order valence-corrected chi connectivity index (χ0v) is 11.4. The Labute approximate surface area is 102 Å². The van der Waals surface area contributed by atoms with Crippen LogP contribution < -0.4 is 0 Å². The van der Waals surface area contributed by atoms with Gasteiger partial charge in [0.1, 0.15) is 0 Å². The number of hydrogen-bond acceptors (Lipinski definition) is 1. The van der Waals surface area contributed by atoms with Gasteiger partial charge in [-0.25, -0.2) is 0 Å². The van der Waals surface area contributed by atoms with E-state index in [2.05, 4.69) is 50.0 Å². The van der Waals surface area contributed by atoms with E-state index in [1.54, 1.807) is 0 Å². The third-order valence-corrected chi connectivity index (χ3v) is 2.84. The highest BCUT2D eigenvalue weighted by atomic mass is 15.1. The van der Waals surface area contributed by atoms with Gasteiger partial charge in [0, 0.05) is 6.54 Å². The minimum Gasteiger partial charge on any atom is -0.300 e. The fraction of sp³-hybridized carbons (Fsp3) is 0.733. The van der Waals surface area contributed by atoms with Gasteiger partial charge in [-0.15, -0.1) is 0 Å². The quantitative estimate of drug-likeness (QED) is 0.392. The summed E-state index contributed by atoms with van der Waals surface area (Å²) in [5, 5.41) is 0. The molecule has 0 aliphatic carbocycles. The van der Waals surface area contributed by atoms with Crippen molar-refractivity contribution in [2.45, 2.75) is 52.9 Å². The van der Waals surface area contributed by atoms with Gasteiger partial charge in [0.05, 0.1) is 0 Å². The summed E-state index contributed by atoms with van der Waals surface area (Å²) in [5.41, 5.74) is 0. The average Bonchev–Trinajstić information content (AvgIpc) is 2.32. The summed E-state index contributed by atoms with van der Waals surface area (Å²) < 4.78 is 0. The van der Waals surface area contributed by atoms with Crippen LogP contribution in [0, 0.1) is 0 Å². The molecule has 0 amide bonds. The van der Waals surface area contributed by atoms with Crippen molar-refractivity contribution in [2.24, 2.45) is 0 Å². The van der Waals surface area contributed by atoms with Crippen LogP contribution in [0.3, 0.4) is 0 Å². The number of hydrogen-bond donors (Lipinski definition) is 0. The van der Waals surface area contributed by atoms with E-state index in [4.69, 9.17) is 0 Å². The minimum absolute atomic E-state index is 1.09. The molecule has 0 saturated carbocycles. The number of allylic oxidation sites excluding steroid dienone is 3. The first-order chi connectivity index (χ1) is 7.85. The van der Waals surface area contributed by atoms with Crippen LogP contribution in [0.25, 0.3) is 0 Å². The Morgan fingerprint density at radius 3 is 2.12 bits per heavy atom. The lowest BCUT2D eigenvalue weighted by Gasteiger charge is -2.14. The zero-order chi connectivity index (χ0) is 12.1. The van der Waals surface area contributed by atoms with Gasteiger partial charge in [0.25, 0.3) is 0 Å². The monoisotopic (exact) mass is 223 g/mol. The van der Waals surface area contributed by atoms with Gasteiger partial charge in [-0.1, -0.05) is 57.9 Å². The van der Waals surface area contributed by atoms with Gasteiger partial charge in [0.2, 0.25) is 0 Å². The van der Waals surface area contributed by atoms with Gasteiger partial charge in [-0.3, -0.25) is 0 Å². The first kappa shape index (κ1) is 15.4. The molecule has 0 spiro atoms. The third-order valence-electron chi connectivity index (χ3n) is 2.84. The number of unbranched alkanes of at least 4 members (excludes halogenated alkanes) is 3. The summed E-state index contributed by atoms with van der Waals surface area (Å²) in [6, 6.07) is 0. The summed E-state index contributed by atoms with van der Waals surface area (Å²) in [4.78, 5) is 2.42. The van der Waals surface area contributed by atoms with E-state index in [-0.39, 0.29) is 0 Å². The molecule has 0 aliphatic rings. The fourth-order valence-electron chi connectivity index (χ4n) is 1.61. The second-order valence-corrected chi connectivity index (χ2v) is 4.16. The highest BCUT2D eigenvalue weighted by Gasteiger charge is 1.92. The van der Waals surface area contributed by atoms with Gasteiger partial charge in [-0.2, -0.15) is 0 Å². The lowest BCUT2D eigenvalue weighted by Crippen LogP contribution is -2.22. The SMILES string of the molecule is CCCCCC=CCC=CCN(CC)CC. The Morgan fingerprint density at radius 1 is 0.812 bits per heavy atom. The molecule has 0 heterocycles. The Morgan fingerprint density at radius 2 is 1.50 bits per heavy atom. The maximum Gasteiger partial charge on any atom is 0.0163 e. The van der Waals surface area contributed by atoms with Gasteiger partial charge >= 0.3 is 0 Å². The molecular weight excluding hydrogens is 194 g/mol. The second kappa shape index (κ2) is 12.5. The van der Waals surface area contributed by atoms with Crippen LogP contribution >= 0.6 is 0 Å². The molecule has 0 rings (SSSR count). The van der Waals surface area contributed by atoms with Crippen molar-refractivity contribution in [2.75, 3.05) is 19.6 Å². The number of likely N-dealkylation sites (N-methyl/N-ethyl adjacent to an activating group) is 1. The van der Waals surface area contributed by atoms with E-state index in [1.165, 1.54) is 25.7 Å². The topological polar surface area (TPSA) is 3.24 Å². The van der Waals surface area contributed by atoms with E-state index in [0.717, 1.165) is 26.1 Å². The van der Waals surface area contributed by atoms with Crippen LogP contribution in [0.1, 0.15) is 52.9 Å². The largest absolute Gasteiger partial charge is 0.300 e. The van der Waals surface area contributed by atoms with Crippen LogP contribution in [0.5, 0.6) is 0 Å². The van der Waals surface area contributed by atoms with E-state index in [9.17, 15) is 0 Å². The van der Waals surface area contributed by atoms with Crippen LogP contribution in [0.4, 0.5) is 0 Å². The molecule has 0 N–H and O–H groups in total. The van der Waals surface area contributed by atoms with Crippen LogP contribution in [-0.4, -0.2) is 24.5 Å². The molecule has 0 radical (unpaired) electrons. The first-order valence-electron chi connectivity index (χ1n) is 6.87. The molecule has 0 aliphatic heterocycles. The van der Waals surface area contributed by atoms with Gasteiger partial charge in [-0.05, 0) is 32.4 Å². The predicted molar refractivity (Wildman–Crippen MR) is 74.8 cm³/mol. The molecule has 0 unspecified atom stereocenters. The number of nitrogens with zero attached hydrogens (tertiary/aromatic N) is 1. The molecule has 0 aromatic heterocycles. The molecule has 0 aromatic carbocycles. The second-order valence-electron chi connectivity index (χ2n) is 4.16. The van der Waals surface area contributed by atoms with Crippen molar-refractivity contribution in [3.8, 4) is 0 Å². The van der Waals surface area contributed by atoms with Crippen molar-refractivity contribution < 1.29 is 0 Å². The normalized spacial score (nSPS) is 12.2. The molecule has 0 aromatic rings. The fourth-order valence-corrected chi connectivity index (χ4v) is 1.61. The molecule has 0 fully saturated rings. The molecule has 0 saturated heterocycles. The predicted octanol–water partition coefficient (Wildman–Crippen LogP) is 4.41. The van der Waals surface area contributed by atoms with E-state index in [1.807, 2.05) is 0 Å². The number of rotatable bonds is 10. The lowest BCUT2D eigenvalue weighted by atomic mass is 10.2. The molecule has 0 atom stereocenters. The third kappa shape index (κ3) is 9.97. The molecule has 1 nitrogen and oxygen atoms in total.